The first-order chi connectivity index (χ1) is 13.8. The van der Waals surface area contributed by atoms with Gasteiger partial charge in [-0.2, -0.15) is 0 Å². The Morgan fingerprint density at radius 2 is 2.10 bits per heavy atom. The molecule has 3 aliphatic heterocycles. The van der Waals surface area contributed by atoms with E-state index in [1.807, 2.05) is 30.9 Å². The van der Waals surface area contributed by atoms with E-state index in [2.05, 4.69) is 17.4 Å². The fraction of sp³-hybridized carbons (Fsp3) is 0.571. The van der Waals surface area contributed by atoms with Crippen LogP contribution in [-0.4, -0.2) is 57.0 Å². The predicted octanol–water partition coefficient (Wildman–Crippen LogP) is 0.671. The number of β-lactam (4-membered cyclic amide) rings is 1. The van der Waals surface area contributed by atoms with Gasteiger partial charge in [0.1, 0.15) is 12.7 Å². The number of amides is 1. The van der Waals surface area contributed by atoms with Crippen LogP contribution in [0.3, 0.4) is 0 Å². The van der Waals surface area contributed by atoms with Gasteiger partial charge in [-0.1, -0.05) is 6.92 Å². The Labute approximate surface area is 174 Å². The monoisotopic (exact) mass is 418 g/mol. The normalized spacial score (nSPS) is 32.3. The van der Waals surface area contributed by atoms with Crippen molar-refractivity contribution in [2.24, 2.45) is 18.9 Å². The van der Waals surface area contributed by atoms with Crippen LogP contribution in [0.5, 0.6) is 0 Å². The largest absolute Gasteiger partial charge is 0.477 e. The number of aryl methyl sites for hydroxylation is 1. The highest BCUT2D eigenvalue weighted by molar-refractivity contribution is 8.03. The van der Waals surface area contributed by atoms with E-state index in [0.717, 1.165) is 24.3 Å². The first-order valence-electron chi connectivity index (χ1n) is 10.1. The number of carbonyl (C=O) groups excluding carboxylic acids is 1. The average molecular weight is 419 g/mol. The first kappa shape index (κ1) is 20.4. The molecule has 4 rings (SSSR count). The second-order valence-electron chi connectivity index (χ2n) is 8.43. The first-order valence-corrected chi connectivity index (χ1v) is 11.0. The molecule has 6 atom stereocenters. The number of thioether (sulfide) groups is 1. The smallest absolute Gasteiger partial charge is 0.353 e. The van der Waals surface area contributed by atoms with Crippen LogP contribution in [0.1, 0.15) is 25.8 Å². The van der Waals surface area contributed by atoms with E-state index < -0.39 is 18.0 Å². The van der Waals surface area contributed by atoms with Crippen molar-refractivity contribution in [1.29, 1.82) is 0 Å². The number of rotatable bonds is 6. The third-order valence-corrected chi connectivity index (χ3v) is 7.83. The zero-order valence-corrected chi connectivity index (χ0v) is 17.7. The van der Waals surface area contributed by atoms with Crippen LogP contribution < -0.4 is 9.88 Å². The van der Waals surface area contributed by atoms with Gasteiger partial charge in [-0.25, -0.2) is 9.36 Å². The number of carboxylic acids is 1. The number of nitrogens with one attached hydrogen (secondary N) is 1. The van der Waals surface area contributed by atoms with Crippen molar-refractivity contribution < 1.29 is 24.4 Å². The Bertz CT molecular complexity index is 854. The molecular formula is C21H28N3O4S+. The fourth-order valence-corrected chi connectivity index (χ4v) is 6.36. The lowest BCUT2D eigenvalue weighted by Crippen LogP contribution is -2.63. The van der Waals surface area contributed by atoms with E-state index in [1.54, 1.807) is 18.7 Å². The number of aliphatic hydroxyl groups excluding tert-OH is 1. The van der Waals surface area contributed by atoms with Crippen LogP contribution in [0.15, 0.2) is 35.1 Å². The van der Waals surface area contributed by atoms with E-state index in [-0.39, 0.29) is 28.8 Å². The molecule has 4 heterocycles. The van der Waals surface area contributed by atoms with Gasteiger partial charge in [0.2, 0.25) is 5.91 Å². The third-order valence-electron chi connectivity index (χ3n) is 6.32. The number of carbonyl (C=O) groups is 2. The molecule has 3 aliphatic rings. The summed E-state index contributed by atoms with van der Waals surface area (Å²) in [4.78, 5) is 26.6. The number of fused-ring (bicyclic) bond motifs is 1. The summed E-state index contributed by atoms with van der Waals surface area (Å²) >= 11 is 1.60. The van der Waals surface area contributed by atoms with Crippen molar-refractivity contribution in [1.82, 2.24) is 10.2 Å². The lowest BCUT2D eigenvalue weighted by atomic mass is 9.79. The van der Waals surface area contributed by atoms with E-state index in [0.29, 0.717) is 6.04 Å². The molecule has 0 aromatic carbocycles. The molecule has 156 valence electrons. The Kier molecular flexibility index (Phi) is 5.44. The molecule has 0 saturated carbocycles. The Balaban J connectivity index is 1.45. The molecule has 0 bridgehead atoms. The molecule has 0 spiro atoms. The summed E-state index contributed by atoms with van der Waals surface area (Å²) in [6, 6.07) is 4.36. The Hall–Kier alpha value is -1.90. The number of hydrogen-bond donors (Lipinski definition) is 3. The average Bonchev–Trinajstić information content (AvgIpc) is 3.18. The fourth-order valence-electron chi connectivity index (χ4n) is 4.84. The molecule has 1 amide bonds. The number of aliphatic carboxylic acids is 1. The van der Waals surface area contributed by atoms with Crippen molar-refractivity contribution in [3.8, 4) is 0 Å². The van der Waals surface area contributed by atoms with E-state index >= 15 is 0 Å². The van der Waals surface area contributed by atoms with Crippen LogP contribution in [0.2, 0.25) is 0 Å². The molecule has 8 heteroatoms. The van der Waals surface area contributed by atoms with Gasteiger partial charge in [0, 0.05) is 40.8 Å². The summed E-state index contributed by atoms with van der Waals surface area (Å²) in [6.07, 6.45) is 5.21. The second-order valence-corrected chi connectivity index (χ2v) is 9.77. The highest BCUT2D eigenvalue weighted by Crippen LogP contribution is 2.51. The molecule has 0 aliphatic carbocycles. The van der Waals surface area contributed by atoms with Crippen LogP contribution in [0.4, 0.5) is 0 Å². The van der Waals surface area contributed by atoms with Crippen LogP contribution in [0, 0.1) is 11.8 Å². The minimum atomic E-state index is -1.06. The molecule has 0 radical (unpaired) electrons. The second kappa shape index (κ2) is 7.74. The number of pyridine rings is 1. The minimum Gasteiger partial charge on any atom is -0.477 e. The number of hydrogen-bond acceptors (Lipinski definition) is 5. The summed E-state index contributed by atoms with van der Waals surface area (Å²) in [5.41, 5.74) is 1.40. The van der Waals surface area contributed by atoms with Crippen LogP contribution in [-0.2, 0) is 23.1 Å². The SMILES string of the molecule is C[C@@H](O)[C@H]1C(=O)N2C(C(=O)O)=C(S[C@@H]3CN[C@H](Cc4cc[n+](C)cc4)C3)[C@H](C)[C@H]12. The topological polar surface area (TPSA) is 93.8 Å². The van der Waals surface area contributed by atoms with E-state index in [1.165, 1.54) is 10.5 Å². The predicted molar refractivity (Wildman–Crippen MR) is 109 cm³/mol. The summed E-state index contributed by atoms with van der Waals surface area (Å²) in [5.74, 6) is -1.91. The van der Waals surface area contributed by atoms with Gasteiger partial charge in [-0.3, -0.25) is 4.79 Å². The van der Waals surface area contributed by atoms with Gasteiger partial charge in [-0.05, 0) is 25.3 Å². The molecular weight excluding hydrogens is 390 g/mol. The van der Waals surface area contributed by atoms with Crippen LogP contribution in [0.25, 0.3) is 0 Å². The van der Waals surface area contributed by atoms with Gasteiger partial charge in [-0.15, -0.1) is 11.8 Å². The molecule has 2 saturated heterocycles. The third kappa shape index (κ3) is 3.58. The molecule has 1 aromatic rings. The van der Waals surface area contributed by atoms with Crippen LogP contribution >= 0.6 is 11.8 Å². The molecule has 2 fully saturated rings. The maximum Gasteiger partial charge on any atom is 0.353 e. The van der Waals surface area contributed by atoms with Gasteiger partial charge in [0.15, 0.2) is 12.4 Å². The standard InChI is InChI=1S/C21H27N3O4S/c1-11-17-16(12(2)25)20(26)24(17)18(21(27)28)19(11)29-15-9-14(22-10-15)8-13-4-6-23(3)7-5-13/h4-7,11-12,14-17,22,25H,8-10H2,1-3H3/p+1/t11-,12-,14-,15+,16-,17-/m1/s1. The lowest BCUT2D eigenvalue weighted by Gasteiger charge is -2.46. The number of carboxylic acid groups (broad SMARTS) is 1. The quantitative estimate of drug-likeness (QED) is 0.465. The maximum atomic E-state index is 12.5. The van der Waals surface area contributed by atoms with E-state index in [4.69, 9.17) is 0 Å². The van der Waals surface area contributed by atoms with Gasteiger partial charge in [0.05, 0.1) is 18.1 Å². The summed E-state index contributed by atoms with van der Waals surface area (Å²) < 4.78 is 2.01. The van der Waals surface area contributed by atoms with Gasteiger partial charge >= 0.3 is 5.97 Å². The molecule has 3 N–H and O–H groups in total. The van der Waals surface area contributed by atoms with Gasteiger partial charge < -0.3 is 20.4 Å². The molecule has 1 aromatic heterocycles. The van der Waals surface area contributed by atoms with E-state index in [9.17, 15) is 19.8 Å². The van der Waals surface area contributed by atoms with Crippen molar-refractivity contribution >= 4 is 23.6 Å². The summed E-state index contributed by atoms with van der Waals surface area (Å²) in [6.45, 7) is 4.40. The zero-order chi connectivity index (χ0) is 20.9. The number of aliphatic hydroxyl groups is 1. The Morgan fingerprint density at radius 1 is 1.41 bits per heavy atom. The molecule has 0 unspecified atom stereocenters. The highest BCUT2D eigenvalue weighted by atomic mass is 32.2. The minimum absolute atomic E-state index is 0.0726. The zero-order valence-electron chi connectivity index (χ0n) is 16.9. The van der Waals surface area contributed by atoms with Crippen molar-refractivity contribution in [2.75, 3.05) is 6.54 Å². The lowest BCUT2D eigenvalue weighted by molar-refractivity contribution is -0.671. The number of aromatic nitrogens is 1. The van der Waals surface area contributed by atoms with Crippen molar-refractivity contribution in [2.45, 2.75) is 50.1 Å². The van der Waals surface area contributed by atoms with Crippen molar-refractivity contribution in [3.63, 3.8) is 0 Å². The molecule has 7 nitrogen and oxygen atoms in total. The number of nitrogens with zero attached hydrogens (tertiary/aromatic N) is 2. The summed E-state index contributed by atoms with van der Waals surface area (Å²) in [7, 11) is 2.00. The maximum absolute atomic E-state index is 12.5. The van der Waals surface area contributed by atoms with Gasteiger partial charge in [0.25, 0.3) is 0 Å². The molecule has 29 heavy (non-hydrogen) atoms. The summed E-state index contributed by atoms with van der Waals surface area (Å²) in [5, 5.41) is 23.6. The van der Waals surface area contributed by atoms with Crippen molar-refractivity contribution in [3.05, 3.63) is 40.7 Å². The Morgan fingerprint density at radius 3 is 2.72 bits per heavy atom. The highest BCUT2D eigenvalue weighted by Gasteiger charge is 2.60.